The van der Waals surface area contributed by atoms with Crippen LogP contribution in [0.4, 0.5) is 5.69 Å². The second kappa shape index (κ2) is 4.17. The van der Waals surface area contributed by atoms with E-state index < -0.39 is 0 Å². The van der Waals surface area contributed by atoms with Gasteiger partial charge in [0.05, 0.1) is 0 Å². The summed E-state index contributed by atoms with van der Waals surface area (Å²) in [4.78, 5) is 2.18. The summed E-state index contributed by atoms with van der Waals surface area (Å²) in [6, 6.07) is 8.62. The van der Waals surface area contributed by atoms with Crippen molar-refractivity contribution in [3.8, 4) is 0 Å². The summed E-state index contributed by atoms with van der Waals surface area (Å²) in [5.74, 6) is 0.443. The van der Waals surface area contributed by atoms with Crippen LogP contribution in [0.25, 0.3) is 0 Å². The number of para-hydroxylation sites is 1. The number of rotatable bonds is 2. The zero-order valence-electron chi connectivity index (χ0n) is 10.5. The van der Waals surface area contributed by atoms with Gasteiger partial charge >= 0.3 is 0 Å². The zero-order chi connectivity index (χ0) is 11.7. The van der Waals surface area contributed by atoms with Gasteiger partial charge in [-0.2, -0.15) is 0 Å². The average Bonchev–Trinajstić information content (AvgIpc) is 2.59. The van der Waals surface area contributed by atoms with Crippen molar-refractivity contribution in [1.82, 2.24) is 0 Å². The van der Waals surface area contributed by atoms with Gasteiger partial charge in [-0.05, 0) is 25.5 Å². The summed E-state index contributed by atoms with van der Waals surface area (Å²) in [6.45, 7) is 4.37. The lowest BCUT2D eigenvalue weighted by Crippen LogP contribution is -2.11. The van der Waals surface area contributed by atoms with E-state index in [1.807, 2.05) is 0 Å². The minimum atomic E-state index is 0.443. The molecule has 0 amide bonds. The lowest BCUT2D eigenvalue weighted by atomic mass is 9.98. The van der Waals surface area contributed by atoms with Crippen molar-refractivity contribution in [3.05, 3.63) is 53.1 Å². The molecule has 0 saturated heterocycles. The van der Waals surface area contributed by atoms with E-state index in [1.54, 1.807) is 0 Å². The van der Waals surface area contributed by atoms with Crippen LogP contribution >= 0.6 is 0 Å². The highest BCUT2D eigenvalue weighted by atomic mass is 15.1. The summed E-state index contributed by atoms with van der Waals surface area (Å²) in [5.41, 5.74) is 5.50. The van der Waals surface area contributed by atoms with Crippen molar-refractivity contribution in [2.24, 2.45) is 0 Å². The molecule has 1 aromatic rings. The molecule has 1 nitrogen and oxygen atoms in total. The van der Waals surface area contributed by atoms with Crippen LogP contribution in [0.3, 0.4) is 0 Å². The molecule has 1 aromatic carbocycles. The Bertz CT molecular complexity index is 434. The van der Waals surface area contributed by atoms with Crippen LogP contribution in [0.15, 0.2) is 47.6 Å². The smallest absolute Gasteiger partial charge is 0.0402 e. The Hall–Kier alpha value is -1.50. The zero-order valence-corrected chi connectivity index (χ0v) is 10.5. The molecule has 84 valence electrons. The molecular weight excluding hydrogens is 194 g/mol. The van der Waals surface area contributed by atoms with Crippen molar-refractivity contribution in [1.29, 1.82) is 0 Å². The van der Waals surface area contributed by atoms with Gasteiger partial charge in [-0.1, -0.05) is 41.5 Å². The summed E-state index contributed by atoms with van der Waals surface area (Å²) >= 11 is 0. The number of allylic oxidation sites excluding steroid dienone is 4. The molecule has 0 fully saturated rings. The number of hydrogen-bond donors (Lipinski definition) is 0. The predicted octanol–water partition coefficient (Wildman–Crippen LogP) is 3.74. The summed E-state index contributed by atoms with van der Waals surface area (Å²) in [5, 5.41) is 0. The minimum absolute atomic E-state index is 0.443. The van der Waals surface area contributed by atoms with Gasteiger partial charge < -0.3 is 4.90 Å². The first-order valence-corrected chi connectivity index (χ1v) is 5.73. The lowest BCUT2D eigenvalue weighted by Gasteiger charge is -2.19. The van der Waals surface area contributed by atoms with E-state index in [0.29, 0.717) is 5.92 Å². The molecule has 1 heteroatoms. The van der Waals surface area contributed by atoms with E-state index >= 15 is 0 Å². The Balaban J connectivity index is 2.43. The molecular formula is C15H19N. The lowest BCUT2D eigenvalue weighted by molar-refractivity contribution is 1.04. The molecule has 16 heavy (non-hydrogen) atoms. The molecule has 0 saturated carbocycles. The van der Waals surface area contributed by atoms with Gasteiger partial charge in [0.15, 0.2) is 0 Å². The molecule has 0 heterocycles. The highest BCUT2D eigenvalue weighted by Gasteiger charge is 2.16. The van der Waals surface area contributed by atoms with Gasteiger partial charge in [0.2, 0.25) is 0 Å². The van der Waals surface area contributed by atoms with Crippen LogP contribution in [0.5, 0.6) is 0 Å². The van der Waals surface area contributed by atoms with E-state index in [9.17, 15) is 0 Å². The van der Waals surface area contributed by atoms with Crippen LogP contribution in [-0.4, -0.2) is 14.1 Å². The largest absolute Gasteiger partial charge is 0.377 e. The Morgan fingerprint density at radius 1 is 0.938 bits per heavy atom. The minimum Gasteiger partial charge on any atom is -0.377 e. The summed E-state index contributed by atoms with van der Waals surface area (Å²) in [7, 11) is 4.20. The SMILES string of the molecule is CC1=CC(c2ccccc2N(C)C)C=C1C. The van der Waals surface area contributed by atoms with Crippen LogP contribution < -0.4 is 4.90 Å². The first-order chi connectivity index (χ1) is 7.59. The topological polar surface area (TPSA) is 3.24 Å². The Morgan fingerprint density at radius 3 is 2.06 bits per heavy atom. The third-order valence-electron chi connectivity index (χ3n) is 3.26. The van der Waals surface area contributed by atoms with Crippen molar-refractivity contribution in [2.75, 3.05) is 19.0 Å². The van der Waals surface area contributed by atoms with Gasteiger partial charge in [0.25, 0.3) is 0 Å². The van der Waals surface area contributed by atoms with Gasteiger partial charge in [-0.3, -0.25) is 0 Å². The molecule has 0 N–H and O–H groups in total. The second-order valence-electron chi connectivity index (χ2n) is 4.68. The van der Waals surface area contributed by atoms with E-state index in [2.05, 4.69) is 69.3 Å². The first-order valence-electron chi connectivity index (χ1n) is 5.73. The Kier molecular flexibility index (Phi) is 2.86. The molecule has 0 unspecified atom stereocenters. The fourth-order valence-electron chi connectivity index (χ4n) is 2.21. The number of hydrogen-bond acceptors (Lipinski definition) is 1. The van der Waals surface area contributed by atoms with Gasteiger partial charge in [0, 0.05) is 25.7 Å². The molecule has 0 radical (unpaired) electrons. The maximum atomic E-state index is 2.34. The van der Waals surface area contributed by atoms with E-state index in [-0.39, 0.29) is 0 Å². The molecule has 0 atom stereocenters. The van der Waals surface area contributed by atoms with E-state index in [4.69, 9.17) is 0 Å². The second-order valence-corrected chi connectivity index (χ2v) is 4.68. The maximum absolute atomic E-state index is 2.34. The number of benzene rings is 1. The van der Waals surface area contributed by atoms with Crippen molar-refractivity contribution in [2.45, 2.75) is 19.8 Å². The molecule has 0 aliphatic heterocycles. The highest BCUT2D eigenvalue weighted by molar-refractivity contribution is 5.58. The standard InChI is InChI=1S/C15H19N/c1-11-9-13(10-12(11)2)14-7-5-6-8-15(14)16(3)4/h5-10,13H,1-4H3. The highest BCUT2D eigenvalue weighted by Crippen LogP contribution is 2.35. The van der Waals surface area contributed by atoms with E-state index in [0.717, 1.165) is 0 Å². The van der Waals surface area contributed by atoms with Crippen LogP contribution in [0.1, 0.15) is 25.3 Å². The number of anilines is 1. The third-order valence-corrected chi connectivity index (χ3v) is 3.26. The van der Waals surface area contributed by atoms with Crippen molar-refractivity contribution >= 4 is 5.69 Å². The maximum Gasteiger partial charge on any atom is 0.0402 e. The molecule has 1 aliphatic carbocycles. The van der Waals surface area contributed by atoms with Crippen LogP contribution in [-0.2, 0) is 0 Å². The molecule has 0 bridgehead atoms. The fraction of sp³-hybridized carbons (Fsp3) is 0.333. The quantitative estimate of drug-likeness (QED) is 0.723. The predicted molar refractivity (Wildman–Crippen MR) is 71.0 cm³/mol. The summed E-state index contributed by atoms with van der Waals surface area (Å²) < 4.78 is 0. The van der Waals surface area contributed by atoms with Gasteiger partial charge in [-0.25, -0.2) is 0 Å². The Labute approximate surface area is 98.1 Å². The van der Waals surface area contributed by atoms with Crippen LogP contribution in [0, 0.1) is 0 Å². The van der Waals surface area contributed by atoms with Gasteiger partial charge in [0.1, 0.15) is 0 Å². The Morgan fingerprint density at radius 2 is 1.50 bits per heavy atom. The monoisotopic (exact) mass is 213 g/mol. The average molecular weight is 213 g/mol. The van der Waals surface area contributed by atoms with Crippen molar-refractivity contribution < 1.29 is 0 Å². The summed E-state index contributed by atoms with van der Waals surface area (Å²) in [6.07, 6.45) is 4.69. The van der Waals surface area contributed by atoms with Crippen molar-refractivity contribution in [3.63, 3.8) is 0 Å². The van der Waals surface area contributed by atoms with Gasteiger partial charge in [-0.15, -0.1) is 0 Å². The third kappa shape index (κ3) is 1.90. The molecule has 0 aromatic heterocycles. The normalized spacial score (nSPS) is 16.0. The molecule has 1 aliphatic rings. The fourth-order valence-corrected chi connectivity index (χ4v) is 2.21. The number of nitrogens with zero attached hydrogens (tertiary/aromatic N) is 1. The first kappa shape index (κ1) is 11.0. The molecule has 0 spiro atoms. The molecule has 2 rings (SSSR count). The van der Waals surface area contributed by atoms with Crippen LogP contribution in [0.2, 0.25) is 0 Å². The van der Waals surface area contributed by atoms with E-state index in [1.165, 1.54) is 22.4 Å².